The highest BCUT2D eigenvalue weighted by Gasteiger charge is 2.31. The molecular formula is C23H25ClN4O5S. The summed E-state index contributed by atoms with van der Waals surface area (Å²) < 4.78 is 43.8. The number of benzene rings is 2. The second-order valence-corrected chi connectivity index (χ2v) is 9.87. The average molecular weight is 505 g/mol. The summed E-state index contributed by atoms with van der Waals surface area (Å²) in [5, 5.41) is 9.07. The second kappa shape index (κ2) is 10.0. The Balaban J connectivity index is 1.49. The molecule has 1 aliphatic rings. The monoisotopic (exact) mass is 504 g/mol. The number of rotatable bonds is 7. The van der Waals surface area contributed by atoms with Gasteiger partial charge in [-0.3, -0.25) is 0 Å². The molecule has 1 saturated heterocycles. The molecule has 0 saturated carbocycles. The van der Waals surface area contributed by atoms with Gasteiger partial charge in [-0.05, 0) is 48.5 Å². The van der Waals surface area contributed by atoms with E-state index in [0.717, 1.165) is 5.56 Å². The van der Waals surface area contributed by atoms with E-state index in [1.807, 2.05) is 35.2 Å². The van der Waals surface area contributed by atoms with E-state index in [0.29, 0.717) is 54.2 Å². The quantitative estimate of drug-likeness (QED) is 0.483. The van der Waals surface area contributed by atoms with Crippen molar-refractivity contribution < 1.29 is 22.6 Å². The van der Waals surface area contributed by atoms with E-state index in [-0.39, 0.29) is 10.6 Å². The molecule has 0 amide bonds. The molecule has 0 radical (unpaired) electrons. The Labute approximate surface area is 203 Å². The highest BCUT2D eigenvalue weighted by molar-refractivity contribution is 7.89. The van der Waals surface area contributed by atoms with E-state index in [1.54, 1.807) is 26.4 Å². The fourth-order valence-corrected chi connectivity index (χ4v) is 5.64. The minimum Gasteiger partial charge on any atom is -0.497 e. The largest absolute Gasteiger partial charge is 0.497 e. The van der Waals surface area contributed by atoms with E-state index in [1.165, 1.54) is 17.5 Å². The Hall–Kier alpha value is -3.08. The van der Waals surface area contributed by atoms with Crippen LogP contribution in [0.15, 0.2) is 53.4 Å². The standard InChI is InChI=1S/C23H25ClN4O5S/c1-31-17-5-8-20(32-2)18(15-17)19-6-9-23(26-25-19)27-10-12-28(13-11-27)34(29,30)22-14-16(24)4-7-21(22)33-3/h4-9,14-15H,10-13H2,1-3H3. The number of aromatic nitrogens is 2. The fourth-order valence-electron chi connectivity index (χ4n) is 3.80. The van der Waals surface area contributed by atoms with Gasteiger partial charge in [-0.25, -0.2) is 8.42 Å². The van der Waals surface area contributed by atoms with Gasteiger partial charge in [0, 0.05) is 36.8 Å². The minimum atomic E-state index is -3.75. The summed E-state index contributed by atoms with van der Waals surface area (Å²) >= 11 is 6.04. The molecule has 1 aliphatic heterocycles. The number of hydrogen-bond donors (Lipinski definition) is 0. The zero-order valence-electron chi connectivity index (χ0n) is 19.1. The molecular weight excluding hydrogens is 480 g/mol. The Morgan fingerprint density at radius 1 is 0.824 bits per heavy atom. The zero-order chi connectivity index (χ0) is 24.3. The van der Waals surface area contributed by atoms with Crippen molar-refractivity contribution in [2.75, 3.05) is 52.4 Å². The SMILES string of the molecule is COc1ccc(OC)c(-c2ccc(N3CCN(S(=O)(=O)c4cc(Cl)ccc4OC)CC3)nn2)c1. The van der Waals surface area contributed by atoms with Crippen molar-refractivity contribution >= 4 is 27.4 Å². The molecule has 2 aromatic carbocycles. The molecule has 0 spiro atoms. The summed E-state index contributed by atoms with van der Waals surface area (Å²) in [6.07, 6.45) is 0. The first-order valence-corrected chi connectivity index (χ1v) is 12.3. The molecule has 0 atom stereocenters. The van der Waals surface area contributed by atoms with Crippen molar-refractivity contribution in [3.63, 3.8) is 0 Å². The lowest BCUT2D eigenvalue weighted by molar-refractivity contribution is 0.373. The minimum absolute atomic E-state index is 0.0623. The van der Waals surface area contributed by atoms with Crippen LogP contribution in [0.25, 0.3) is 11.3 Å². The molecule has 4 rings (SSSR count). The van der Waals surface area contributed by atoms with Crippen molar-refractivity contribution in [3.05, 3.63) is 53.6 Å². The maximum Gasteiger partial charge on any atom is 0.246 e. The molecule has 2 heterocycles. The van der Waals surface area contributed by atoms with Crippen molar-refractivity contribution in [2.45, 2.75) is 4.90 Å². The molecule has 1 fully saturated rings. The normalized spacial score (nSPS) is 14.6. The lowest BCUT2D eigenvalue weighted by atomic mass is 10.1. The summed E-state index contributed by atoms with van der Waals surface area (Å²) in [7, 11) is 0.876. The number of halogens is 1. The highest BCUT2D eigenvalue weighted by Crippen LogP contribution is 2.33. The molecule has 34 heavy (non-hydrogen) atoms. The van der Waals surface area contributed by atoms with Crippen LogP contribution in [0.4, 0.5) is 5.82 Å². The summed E-state index contributed by atoms with van der Waals surface area (Å²) in [4.78, 5) is 2.06. The van der Waals surface area contributed by atoms with E-state index >= 15 is 0 Å². The van der Waals surface area contributed by atoms with Gasteiger partial charge in [-0.15, -0.1) is 10.2 Å². The van der Waals surface area contributed by atoms with Crippen molar-refractivity contribution in [3.8, 4) is 28.5 Å². The lowest BCUT2D eigenvalue weighted by Gasteiger charge is -2.34. The molecule has 0 bridgehead atoms. The Bertz CT molecular complexity index is 1260. The Kier molecular flexibility index (Phi) is 7.11. The molecule has 3 aromatic rings. The van der Waals surface area contributed by atoms with Gasteiger partial charge in [0.2, 0.25) is 10.0 Å². The van der Waals surface area contributed by atoms with Gasteiger partial charge in [0.1, 0.15) is 22.1 Å². The second-order valence-electron chi connectivity index (χ2n) is 7.53. The number of piperazine rings is 1. The maximum atomic E-state index is 13.2. The van der Waals surface area contributed by atoms with E-state index < -0.39 is 10.0 Å². The number of methoxy groups -OCH3 is 3. The predicted molar refractivity (Wildman–Crippen MR) is 130 cm³/mol. The number of sulfonamides is 1. The zero-order valence-corrected chi connectivity index (χ0v) is 20.6. The molecule has 0 N–H and O–H groups in total. The van der Waals surface area contributed by atoms with Gasteiger partial charge in [0.25, 0.3) is 0 Å². The lowest BCUT2D eigenvalue weighted by Crippen LogP contribution is -2.49. The first-order valence-electron chi connectivity index (χ1n) is 10.5. The highest BCUT2D eigenvalue weighted by atomic mass is 35.5. The van der Waals surface area contributed by atoms with Crippen LogP contribution in [0, 0.1) is 0 Å². The van der Waals surface area contributed by atoms with Crippen LogP contribution in [0.2, 0.25) is 5.02 Å². The van der Waals surface area contributed by atoms with Gasteiger partial charge in [-0.2, -0.15) is 4.31 Å². The third-order valence-electron chi connectivity index (χ3n) is 5.64. The number of ether oxygens (including phenoxy) is 3. The fraction of sp³-hybridized carbons (Fsp3) is 0.304. The molecule has 0 aliphatic carbocycles. The third kappa shape index (κ3) is 4.75. The summed E-state index contributed by atoms with van der Waals surface area (Å²) in [6, 6.07) is 13.8. The van der Waals surface area contributed by atoms with Crippen LogP contribution < -0.4 is 19.1 Å². The van der Waals surface area contributed by atoms with Crippen molar-refractivity contribution in [1.82, 2.24) is 14.5 Å². The van der Waals surface area contributed by atoms with Crippen LogP contribution in [0.1, 0.15) is 0 Å². The number of hydrogen-bond acceptors (Lipinski definition) is 8. The van der Waals surface area contributed by atoms with Crippen molar-refractivity contribution in [1.29, 1.82) is 0 Å². The van der Waals surface area contributed by atoms with Gasteiger partial charge in [0.05, 0.1) is 27.0 Å². The van der Waals surface area contributed by atoms with Crippen LogP contribution >= 0.6 is 11.6 Å². The molecule has 180 valence electrons. The van der Waals surface area contributed by atoms with Crippen LogP contribution in [0.3, 0.4) is 0 Å². The molecule has 11 heteroatoms. The topological polar surface area (TPSA) is 94.1 Å². The van der Waals surface area contributed by atoms with E-state index in [9.17, 15) is 8.42 Å². The van der Waals surface area contributed by atoms with Gasteiger partial charge in [-0.1, -0.05) is 11.6 Å². The first kappa shape index (κ1) is 24.1. The Morgan fingerprint density at radius 3 is 2.15 bits per heavy atom. The summed E-state index contributed by atoms with van der Waals surface area (Å²) in [6.45, 7) is 1.54. The smallest absolute Gasteiger partial charge is 0.246 e. The summed E-state index contributed by atoms with van der Waals surface area (Å²) in [5.41, 5.74) is 1.42. The average Bonchev–Trinajstić information content (AvgIpc) is 2.88. The maximum absolute atomic E-state index is 13.2. The van der Waals surface area contributed by atoms with Crippen LogP contribution in [0.5, 0.6) is 17.2 Å². The van der Waals surface area contributed by atoms with Crippen LogP contribution in [-0.4, -0.2) is 70.4 Å². The van der Waals surface area contributed by atoms with E-state index in [2.05, 4.69) is 10.2 Å². The van der Waals surface area contributed by atoms with E-state index in [4.69, 9.17) is 25.8 Å². The number of nitrogens with zero attached hydrogens (tertiary/aromatic N) is 4. The predicted octanol–water partition coefficient (Wildman–Crippen LogP) is 3.33. The molecule has 1 aromatic heterocycles. The Morgan fingerprint density at radius 2 is 1.53 bits per heavy atom. The third-order valence-corrected chi connectivity index (χ3v) is 7.79. The van der Waals surface area contributed by atoms with Gasteiger partial charge in [0.15, 0.2) is 5.82 Å². The first-order chi connectivity index (χ1) is 16.4. The van der Waals surface area contributed by atoms with Crippen LogP contribution in [-0.2, 0) is 10.0 Å². The summed E-state index contributed by atoms with van der Waals surface area (Å²) in [5.74, 6) is 2.29. The van der Waals surface area contributed by atoms with Gasteiger partial charge >= 0.3 is 0 Å². The van der Waals surface area contributed by atoms with Crippen molar-refractivity contribution in [2.24, 2.45) is 0 Å². The molecule has 9 nitrogen and oxygen atoms in total. The van der Waals surface area contributed by atoms with Gasteiger partial charge < -0.3 is 19.1 Å². The number of anilines is 1. The molecule has 0 unspecified atom stereocenters.